The molecule has 0 unspecified atom stereocenters. The maximum Gasteiger partial charge on any atom is 0.151 e. The molecule has 0 amide bonds. The quantitative estimate of drug-likeness (QED) is 0.605. The van der Waals surface area contributed by atoms with E-state index in [2.05, 4.69) is 10.4 Å². The molecule has 5 nitrogen and oxygen atoms in total. The zero-order valence-electron chi connectivity index (χ0n) is 9.15. The Morgan fingerprint density at radius 1 is 1.25 bits per heavy atom. The van der Waals surface area contributed by atoms with Crippen LogP contribution in [-0.2, 0) is 0 Å². The molecule has 3 N–H and O–H groups in total. The van der Waals surface area contributed by atoms with Crippen LogP contribution in [0, 0.1) is 0 Å². The molecular formula is C11H13N3O2. The Bertz CT molecular complexity index is 514. The maximum absolute atomic E-state index is 5.41. The lowest BCUT2D eigenvalue weighted by Gasteiger charge is -2.11. The Kier molecular flexibility index (Phi) is 2.78. The van der Waals surface area contributed by atoms with E-state index in [0.717, 1.165) is 16.5 Å². The van der Waals surface area contributed by atoms with Crippen molar-refractivity contribution in [2.75, 3.05) is 19.6 Å². The predicted octanol–water partition coefficient (Wildman–Crippen LogP) is 1.54. The first-order valence-electron chi connectivity index (χ1n) is 4.77. The van der Waals surface area contributed by atoms with Crippen LogP contribution in [-0.4, -0.2) is 19.2 Å². The van der Waals surface area contributed by atoms with E-state index in [1.165, 1.54) is 0 Å². The minimum atomic E-state index is 0.581. The lowest BCUT2D eigenvalue weighted by atomic mass is 10.1. The van der Waals surface area contributed by atoms with Crippen LogP contribution in [0.3, 0.4) is 0 Å². The van der Waals surface area contributed by atoms with Crippen molar-refractivity contribution in [3.8, 4) is 11.5 Å². The van der Waals surface area contributed by atoms with E-state index in [0.29, 0.717) is 11.6 Å². The minimum absolute atomic E-state index is 0.581. The first kappa shape index (κ1) is 10.5. The van der Waals surface area contributed by atoms with Crippen LogP contribution in [0.1, 0.15) is 0 Å². The van der Waals surface area contributed by atoms with Crippen molar-refractivity contribution in [1.29, 1.82) is 0 Å². The van der Waals surface area contributed by atoms with Gasteiger partial charge in [0.05, 0.1) is 19.6 Å². The number of aromatic nitrogens is 1. The molecule has 84 valence electrons. The third-order valence-corrected chi connectivity index (χ3v) is 2.39. The number of nitrogens with zero attached hydrogens (tertiary/aromatic N) is 1. The van der Waals surface area contributed by atoms with E-state index in [1.54, 1.807) is 26.5 Å². The first-order chi connectivity index (χ1) is 7.80. The van der Waals surface area contributed by atoms with Crippen LogP contribution >= 0.6 is 0 Å². The van der Waals surface area contributed by atoms with Gasteiger partial charge < -0.3 is 14.9 Å². The molecule has 0 spiro atoms. The number of pyridine rings is 1. The monoisotopic (exact) mass is 219 g/mol. The lowest BCUT2D eigenvalue weighted by Crippen LogP contribution is -2.09. The molecule has 1 aromatic carbocycles. The summed E-state index contributed by atoms with van der Waals surface area (Å²) in [7, 11) is 3.21. The molecule has 2 rings (SSSR count). The first-order valence-corrected chi connectivity index (χ1v) is 4.77. The number of rotatable bonds is 3. The van der Waals surface area contributed by atoms with Gasteiger partial charge in [-0.15, -0.1) is 0 Å². The molecule has 1 heterocycles. The molecule has 0 aliphatic carbocycles. The molecular weight excluding hydrogens is 206 g/mol. The molecule has 0 atom stereocenters. The second-order valence-corrected chi connectivity index (χ2v) is 3.23. The van der Waals surface area contributed by atoms with Crippen LogP contribution in [0.5, 0.6) is 11.5 Å². The Hall–Kier alpha value is -2.01. The number of fused-ring (bicyclic) bond motifs is 1. The molecule has 0 saturated heterocycles. The van der Waals surface area contributed by atoms with Gasteiger partial charge in [-0.3, -0.25) is 0 Å². The zero-order chi connectivity index (χ0) is 11.5. The fourth-order valence-electron chi connectivity index (χ4n) is 1.64. The molecule has 16 heavy (non-hydrogen) atoms. The second-order valence-electron chi connectivity index (χ2n) is 3.23. The van der Waals surface area contributed by atoms with Crippen molar-refractivity contribution in [2.24, 2.45) is 5.84 Å². The van der Waals surface area contributed by atoms with Gasteiger partial charge in [-0.25, -0.2) is 10.8 Å². The van der Waals surface area contributed by atoms with Crippen LogP contribution in [0.2, 0.25) is 0 Å². The Morgan fingerprint density at radius 2 is 2.06 bits per heavy atom. The highest BCUT2D eigenvalue weighted by atomic mass is 16.5. The van der Waals surface area contributed by atoms with Crippen molar-refractivity contribution < 1.29 is 9.47 Å². The van der Waals surface area contributed by atoms with E-state index in [4.69, 9.17) is 15.3 Å². The summed E-state index contributed by atoms with van der Waals surface area (Å²) in [5, 5.41) is 1.80. The molecule has 0 saturated carbocycles. The van der Waals surface area contributed by atoms with Gasteiger partial charge in [-0.1, -0.05) is 0 Å². The number of benzene rings is 1. The summed E-state index contributed by atoms with van der Waals surface area (Å²) in [6, 6.07) is 5.58. The molecule has 2 aromatic rings. The van der Waals surface area contributed by atoms with Gasteiger partial charge in [-0.05, 0) is 17.5 Å². The molecule has 0 radical (unpaired) electrons. The summed E-state index contributed by atoms with van der Waals surface area (Å²) >= 11 is 0. The van der Waals surface area contributed by atoms with Crippen molar-refractivity contribution in [3.63, 3.8) is 0 Å². The third-order valence-electron chi connectivity index (χ3n) is 2.39. The molecule has 0 aliphatic heterocycles. The van der Waals surface area contributed by atoms with Crippen LogP contribution in [0.4, 0.5) is 5.82 Å². The number of hydrogen-bond acceptors (Lipinski definition) is 5. The van der Waals surface area contributed by atoms with E-state index in [1.807, 2.05) is 12.1 Å². The smallest absolute Gasteiger partial charge is 0.151 e. The summed E-state index contributed by atoms with van der Waals surface area (Å²) in [6.07, 6.45) is 1.68. The SMILES string of the molecule is COc1cc(OC)c2c(NN)nccc2c1. The number of nitrogen functional groups attached to an aromatic ring is 1. The molecule has 0 aliphatic rings. The summed E-state index contributed by atoms with van der Waals surface area (Å²) in [5.41, 5.74) is 2.55. The van der Waals surface area contributed by atoms with E-state index >= 15 is 0 Å². The van der Waals surface area contributed by atoms with Gasteiger partial charge >= 0.3 is 0 Å². The van der Waals surface area contributed by atoms with Crippen molar-refractivity contribution in [1.82, 2.24) is 4.98 Å². The number of hydrogen-bond donors (Lipinski definition) is 2. The zero-order valence-corrected chi connectivity index (χ0v) is 9.15. The maximum atomic E-state index is 5.41. The number of hydrazine groups is 1. The van der Waals surface area contributed by atoms with Gasteiger partial charge in [0, 0.05) is 12.3 Å². The average molecular weight is 219 g/mol. The van der Waals surface area contributed by atoms with Crippen molar-refractivity contribution in [2.45, 2.75) is 0 Å². The highest BCUT2D eigenvalue weighted by Gasteiger charge is 2.09. The fourth-order valence-corrected chi connectivity index (χ4v) is 1.64. The van der Waals surface area contributed by atoms with Crippen molar-refractivity contribution in [3.05, 3.63) is 24.4 Å². The predicted molar refractivity (Wildman–Crippen MR) is 62.7 cm³/mol. The Balaban J connectivity index is 2.78. The third kappa shape index (κ3) is 1.61. The molecule has 0 bridgehead atoms. The summed E-state index contributed by atoms with van der Waals surface area (Å²) in [4.78, 5) is 4.13. The van der Waals surface area contributed by atoms with Crippen molar-refractivity contribution >= 4 is 16.6 Å². The standard InChI is InChI=1S/C11H13N3O2/c1-15-8-5-7-3-4-13-11(14-12)10(7)9(6-8)16-2/h3-6H,12H2,1-2H3,(H,13,14). The molecule has 0 fully saturated rings. The molecule has 5 heteroatoms. The molecule has 1 aromatic heterocycles. The van der Waals surface area contributed by atoms with Gasteiger partial charge in [0.1, 0.15) is 11.5 Å². The minimum Gasteiger partial charge on any atom is -0.497 e. The Labute approximate surface area is 93.1 Å². The average Bonchev–Trinajstić information content (AvgIpc) is 2.36. The number of nitrogens with one attached hydrogen (secondary N) is 1. The summed E-state index contributed by atoms with van der Waals surface area (Å²) in [5.74, 6) is 7.40. The topological polar surface area (TPSA) is 69.4 Å². The summed E-state index contributed by atoms with van der Waals surface area (Å²) in [6.45, 7) is 0. The summed E-state index contributed by atoms with van der Waals surface area (Å²) < 4.78 is 10.5. The number of anilines is 1. The number of ether oxygens (including phenoxy) is 2. The van der Waals surface area contributed by atoms with E-state index in [-0.39, 0.29) is 0 Å². The normalized spacial score (nSPS) is 10.2. The van der Waals surface area contributed by atoms with Gasteiger partial charge in [0.15, 0.2) is 5.82 Å². The lowest BCUT2D eigenvalue weighted by molar-refractivity contribution is 0.398. The Morgan fingerprint density at radius 3 is 2.69 bits per heavy atom. The van der Waals surface area contributed by atoms with E-state index in [9.17, 15) is 0 Å². The van der Waals surface area contributed by atoms with Gasteiger partial charge in [0.2, 0.25) is 0 Å². The van der Waals surface area contributed by atoms with Crippen LogP contribution in [0.25, 0.3) is 10.8 Å². The second kappa shape index (κ2) is 4.24. The largest absolute Gasteiger partial charge is 0.497 e. The number of methoxy groups -OCH3 is 2. The van der Waals surface area contributed by atoms with Crippen LogP contribution in [0.15, 0.2) is 24.4 Å². The van der Waals surface area contributed by atoms with Gasteiger partial charge in [0.25, 0.3) is 0 Å². The highest BCUT2D eigenvalue weighted by Crippen LogP contribution is 2.34. The van der Waals surface area contributed by atoms with Crippen LogP contribution < -0.4 is 20.7 Å². The van der Waals surface area contributed by atoms with Gasteiger partial charge in [-0.2, -0.15) is 0 Å². The van der Waals surface area contributed by atoms with E-state index < -0.39 is 0 Å². The number of nitrogens with two attached hydrogens (primary N) is 1. The highest BCUT2D eigenvalue weighted by molar-refractivity contribution is 5.97. The fraction of sp³-hybridized carbons (Fsp3) is 0.182.